The van der Waals surface area contributed by atoms with Crippen LogP contribution in [0.25, 0.3) is 16.8 Å². The van der Waals surface area contributed by atoms with Gasteiger partial charge in [0.15, 0.2) is 5.65 Å². The second-order valence-corrected chi connectivity index (χ2v) is 10.5. The highest BCUT2D eigenvalue weighted by Crippen LogP contribution is 2.30. The van der Waals surface area contributed by atoms with Gasteiger partial charge in [0.1, 0.15) is 11.6 Å². The van der Waals surface area contributed by atoms with Gasteiger partial charge < -0.3 is 20.5 Å². The number of amides is 1. The predicted octanol–water partition coefficient (Wildman–Crippen LogP) is 4.89. The Morgan fingerprint density at radius 2 is 1.92 bits per heavy atom. The molecule has 0 atom stereocenters. The molecule has 2 heterocycles. The molecule has 10 heteroatoms. The van der Waals surface area contributed by atoms with E-state index in [0.717, 1.165) is 55.2 Å². The molecule has 2 fully saturated rings. The van der Waals surface area contributed by atoms with E-state index in [1.54, 1.807) is 22.8 Å². The average Bonchev–Trinajstić information content (AvgIpc) is 3.63. The van der Waals surface area contributed by atoms with Crippen LogP contribution in [0.15, 0.2) is 48.7 Å². The topological polar surface area (TPSA) is 114 Å². The van der Waals surface area contributed by atoms with E-state index >= 15 is 0 Å². The number of carbonyl (C=O) groups is 1. The van der Waals surface area contributed by atoms with Crippen molar-refractivity contribution in [1.29, 1.82) is 0 Å². The normalized spacial score (nSPS) is 19.2. The molecule has 0 saturated heterocycles. The minimum atomic E-state index is -0.419. The van der Waals surface area contributed by atoms with Gasteiger partial charge >= 0.3 is 6.01 Å². The van der Waals surface area contributed by atoms with Crippen molar-refractivity contribution in [2.75, 3.05) is 11.9 Å². The van der Waals surface area contributed by atoms with Gasteiger partial charge in [-0.2, -0.15) is 19.6 Å². The van der Waals surface area contributed by atoms with Crippen molar-refractivity contribution in [2.45, 2.75) is 57.6 Å². The first kappa shape index (κ1) is 25.2. The van der Waals surface area contributed by atoms with E-state index in [1.165, 1.54) is 12.1 Å². The number of anilines is 1. The molecule has 2 aliphatic carbocycles. The van der Waals surface area contributed by atoms with Crippen molar-refractivity contribution in [1.82, 2.24) is 24.9 Å². The van der Waals surface area contributed by atoms with Crippen LogP contribution in [-0.2, 0) is 0 Å². The molecule has 1 amide bonds. The largest absolute Gasteiger partial charge is 0.424 e. The van der Waals surface area contributed by atoms with E-state index in [2.05, 4.69) is 25.7 Å². The van der Waals surface area contributed by atoms with Crippen LogP contribution in [0.1, 0.15) is 54.4 Å². The molecule has 2 aliphatic rings. The number of aryl methyl sites for hydroxylation is 1. The highest BCUT2D eigenvalue weighted by molar-refractivity contribution is 5.97. The zero-order valence-electron chi connectivity index (χ0n) is 21.7. The number of nitrogens with one attached hydrogen (secondary N) is 2. The number of aromatic nitrogens is 4. The Morgan fingerprint density at radius 3 is 2.67 bits per heavy atom. The number of halogens is 1. The minimum absolute atomic E-state index is 0.0590. The summed E-state index contributed by atoms with van der Waals surface area (Å²) < 4.78 is 21.3. The van der Waals surface area contributed by atoms with Gasteiger partial charge in [-0.05, 0) is 80.7 Å². The standard InChI is InChI=1S/C29H31FN6O3/c1-17-13-19(7-12-24(17)27(38)33-21-8-9-21)25-16-32-36-26(25)34-29(39-23-4-2-3-20(30)14-23)35-28(36)31-15-18-5-10-22(37)11-6-18/h2-4,7,12-14,16,18,21-22,37H,5-6,8-11,15H2,1H3,(H,33,38)(H,31,34,35). The summed E-state index contributed by atoms with van der Waals surface area (Å²) in [7, 11) is 0. The van der Waals surface area contributed by atoms with E-state index in [-0.39, 0.29) is 29.8 Å². The van der Waals surface area contributed by atoms with Crippen molar-refractivity contribution in [3.8, 4) is 22.9 Å². The van der Waals surface area contributed by atoms with Crippen LogP contribution in [0, 0.1) is 18.7 Å². The maximum Gasteiger partial charge on any atom is 0.327 e. The molecule has 9 nitrogen and oxygen atoms in total. The second kappa shape index (κ2) is 10.6. The summed E-state index contributed by atoms with van der Waals surface area (Å²) in [5.41, 5.74) is 3.63. The lowest BCUT2D eigenvalue weighted by Crippen LogP contribution is -2.26. The van der Waals surface area contributed by atoms with Crippen molar-refractivity contribution >= 4 is 17.5 Å². The molecule has 39 heavy (non-hydrogen) atoms. The number of carbonyl (C=O) groups excluding carboxylic acids is 1. The molecule has 2 aromatic heterocycles. The van der Waals surface area contributed by atoms with E-state index in [1.807, 2.05) is 25.1 Å². The molecular formula is C29H31FN6O3. The molecule has 0 aliphatic heterocycles. The molecule has 202 valence electrons. The van der Waals surface area contributed by atoms with Crippen LogP contribution in [0.4, 0.5) is 10.3 Å². The Bertz CT molecular complexity index is 1510. The molecule has 3 N–H and O–H groups in total. The fourth-order valence-electron chi connectivity index (χ4n) is 5.02. The number of rotatable bonds is 8. The number of fused-ring (bicyclic) bond motifs is 1. The molecular weight excluding hydrogens is 499 g/mol. The van der Waals surface area contributed by atoms with Gasteiger partial charge in [0.05, 0.1) is 12.3 Å². The fourth-order valence-corrected chi connectivity index (χ4v) is 5.02. The van der Waals surface area contributed by atoms with Gasteiger partial charge in [0.2, 0.25) is 5.95 Å². The number of ether oxygens (including phenoxy) is 1. The fraction of sp³-hybridized carbons (Fsp3) is 0.379. The van der Waals surface area contributed by atoms with Crippen LogP contribution >= 0.6 is 0 Å². The molecule has 0 spiro atoms. The maximum atomic E-state index is 13.8. The molecule has 2 aromatic carbocycles. The Kier molecular flexibility index (Phi) is 6.86. The first-order valence-electron chi connectivity index (χ1n) is 13.5. The number of aliphatic hydroxyl groups excluding tert-OH is 1. The molecule has 0 unspecified atom stereocenters. The summed E-state index contributed by atoms with van der Waals surface area (Å²) in [6.45, 7) is 2.58. The lowest BCUT2D eigenvalue weighted by molar-refractivity contribution is 0.0950. The Labute approximate surface area is 225 Å². The summed E-state index contributed by atoms with van der Waals surface area (Å²) in [6, 6.07) is 11.8. The quantitative estimate of drug-likeness (QED) is 0.297. The highest BCUT2D eigenvalue weighted by Gasteiger charge is 2.25. The van der Waals surface area contributed by atoms with Gasteiger partial charge in [-0.1, -0.05) is 18.2 Å². The molecule has 0 bridgehead atoms. The van der Waals surface area contributed by atoms with Crippen molar-refractivity contribution in [3.05, 3.63) is 65.6 Å². The van der Waals surface area contributed by atoms with Crippen molar-refractivity contribution in [3.63, 3.8) is 0 Å². The Morgan fingerprint density at radius 1 is 1.10 bits per heavy atom. The molecule has 0 radical (unpaired) electrons. The summed E-state index contributed by atoms with van der Waals surface area (Å²) in [6.07, 6.45) is 7.00. The van der Waals surface area contributed by atoms with Crippen molar-refractivity contribution < 1.29 is 19.0 Å². The molecule has 2 saturated carbocycles. The monoisotopic (exact) mass is 530 g/mol. The van der Waals surface area contributed by atoms with Crippen LogP contribution in [0.3, 0.4) is 0 Å². The summed E-state index contributed by atoms with van der Waals surface area (Å²) in [4.78, 5) is 21.8. The predicted molar refractivity (Wildman–Crippen MR) is 144 cm³/mol. The van der Waals surface area contributed by atoms with Gasteiger partial charge in [0, 0.05) is 29.8 Å². The zero-order valence-corrected chi connectivity index (χ0v) is 21.7. The smallest absolute Gasteiger partial charge is 0.327 e. The SMILES string of the molecule is Cc1cc(-c2cnn3c(NCC4CCC(O)CC4)nc(Oc4cccc(F)c4)nc23)ccc1C(=O)NC1CC1. The minimum Gasteiger partial charge on any atom is -0.424 e. The van der Waals surface area contributed by atoms with Gasteiger partial charge in [-0.25, -0.2) is 4.39 Å². The van der Waals surface area contributed by atoms with Gasteiger partial charge in [-0.15, -0.1) is 0 Å². The van der Waals surface area contributed by atoms with E-state index in [0.29, 0.717) is 29.6 Å². The number of nitrogens with zero attached hydrogens (tertiary/aromatic N) is 4. The Balaban J connectivity index is 1.33. The number of benzene rings is 2. The summed E-state index contributed by atoms with van der Waals surface area (Å²) in [5, 5.41) is 20.8. The lowest BCUT2D eigenvalue weighted by atomic mass is 9.87. The first-order valence-corrected chi connectivity index (χ1v) is 13.5. The zero-order chi connectivity index (χ0) is 26.9. The highest BCUT2D eigenvalue weighted by atomic mass is 19.1. The third-order valence-corrected chi connectivity index (χ3v) is 7.41. The maximum absolute atomic E-state index is 13.8. The van der Waals surface area contributed by atoms with Gasteiger partial charge in [-0.3, -0.25) is 4.79 Å². The second-order valence-electron chi connectivity index (χ2n) is 10.5. The van der Waals surface area contributed by atoms with Gasteiger partial charge in [0.25, 0.3) is 5.91 Å². The summed E-state index contributed by atoms with van der Waals surface area (Å²) in [5.74, 6) is 0.669. The lowest BCUT2D eigenvalue weighted by Gasteiger charge is -2.25. The third-order valence-electron chi connectivity index (χ3n) is 7.41. The van der Waals surface area contributed by atoms with E-state index < -0.39 is 5.82 Å². The van der Waals surface area contributed by atoms with Crippen molar-refractivity contribution in [2.24, 2.45) is 5.92 Å². The molecule has 4 aromatic rings. The molecule has 6 rings (SSSR count). The van der Waals surface area contributed by atoms with E-state index in [4.69, 9.17) is 4.74 Å². The first-order chi connectivity index (χ1) is 18.9. The number of hydrogen-bond donors (Lipinski definition) is 3. The van der Waals surface area contributed by atoms with Crippen LogP contribution in [0.5, 0.6) is 11.8 Å². The van der Waals surface area contributed by atoms with Crippen LogP contribution in [0.2, 0.25) is 0 Å². The Hall–Kier alpha value is -4.05. The van der Waals surface area contributed by atoms with Crippen LogP contribution in [-0.4, -0.2) is 49.3 Å². The average molecular weight is 531 g/mol. The number of hydrogen-bond acceptors (Lipinski definition) is 7. The third kappa shape index (κ3) is 5.70. The van der Waals surface area contributed by atoms with Crippen LogP contribution < -0.4 is 15.4 Å². The summed E-state index contributed by atoms with van der Waals surface area (Å²) >= 11 is 0. The van der Waals surface area contributed by atoms with E-state index in [9.17, 15) is 14.3 Å². The number of aliphatic hydroxyl groups is 1.